The number of rotatable bonds is 5. The lowest BCUT2D eigenvalue weighted by atomic mass is 9.84. The molecule has 0 saturated heterocycles. The van der Waals surface area contributed by atoms with Crippen molar-refractivity contribution in [1.82, 2.24) is 15.1 Å². The van der Waals surface area contributed by atoms with Crippen LogP contribution in [-0.4, -0.2) is 22.9 Å². The Balaban J connectivity index is 2.34. The number of hydrogen-bond acceptors (Lipinski definition) is 2. The van der Waals surface area contributed by atoms with Gasteiger partial charge in [-0.2, -0.15) is 5.10 Å². The van der Waals surface area contributed by atoms with Crippen molar-refractivity contribution in [2.24, 2.45) is 12.5 Å². The van der Waals surface area contributed by atoms with Crippen molar-refractivity contribution in [2.45, 2.75) is 46.1 Å². The zero-order valence-electron chi connectivity index (χ0n) is 11.2. The molecular weight excluding hydrogens is 198 g/mol. The predicted molar refractivity (Wildman–Crippen MR) is 68.4 cm³/mol. The van der Waals surface area contributed by atoms with Crippen LogP contribution < -0.4 is 5.32 Å². The average Bonchev–Trinajstić information content (AvgIpc) is 2.57. The summed E-state index contributed by atoms with van der Waals surface area (Å²) in [6, 6.07) is 2.68. The molecule has 1 heterocycles. The zero-order chi connectivity index (χ0) is 12.2. The summed E-state index contributed by atoms with van der Waals surface area (Å²) in [7, 11) is 4.02. The minimum Gasteiger partial charge on any atom is -0.316 e. The van der Waals surface area contributed by atoms with Crippen LogP contribution in [0, 0.1) is 5.41 Å². The fourth-order valence-corrected chi connectivity index (χ4v) is 2.09. The molecule has 1 aromatic heterocycles. The molecule has 0 saturated carbocycles. The van der Waals surface area contributed by atoms with E-state index in [2.05, 4.69) is 44.3 Å². The summed E-state index contributed by atoms with van der Waals surface area (Å²) in [6.07, 6.45) is 5.49. The van der Waals surface area contributed by atoms with Crippen LogP contribution in [0.4, 0.5) is 0 Å². The van der Waals surface area contributed by atoms with E-state index < -0.39 is 0 Å². The summed E-state index contributed by atoms with van der Waals surface area (Å²) in [5.74, 6) is 0. The van der Waals surface area contributed by atoms with E-state index in [1.165, 1.54) is 18.5 Å². The Kier molecular flexibility index (Phi) is 4.54. The van der Waals surface area contributed by atoms with Crippen LogP contribution in [0.15, 0.2) is 12.3 Å². The molecule has 0 aliphatic carbocycles. The Labute approximate surface area is 99.2 Å². The lowest BCUT2D eigenvalue weighted by molar-refractivity contribution is 0.263. The van der Waals surface area contributed by atoms with Crippen LogP contribution in [0.1, 0.15) is 39.3 Å². The average molecular weight is 223 g/mol. The third-order valence-corrected chi connectivity index (χ3v) is 3.09. The maximum absolute atomic E-state index is 4.39. The van der Waals surface area contributed by atoms with Gasteiger partial charge in [-0.15, -0.1) is 0 Å². The SMILES string of the molecule is CNC(CCCc1ccn(C)n1)C(C)(C)C. The Hall–Kier alpha value is -0.830. The van der Waals surface area contributed by atoms with Crippen molar-refractivity contribution in [1.29, 1.82) is 0 Å². The fourth-order valence-electron chi connectivity index (χ4n) is 2.09. The monoisotopic (exact) mass is 223 g/mol. The molecule has 0 amide bonds. The van der Waals surface area contributed by atoms with E-state index in [1.807, 2.05) is 17.9 Å². The second-order valence-corrected chi connectivity index (χ2v) is 5.58. The van der Waals surface area contributed by atoms with Crippen molar-refractivity contribution in [2.75, 3.05) is 7.05 Å². The number of nitrogens with one attached hydrogen (secondary N) is 1. The number of aromatic nitrogens is 2. The summed E-state index contributed by atoms with van der Waals surface area (Å²) in [5, 5.41) is 7.80. The van der Waals surface area contributed by atoms with Gasteiger partial charge in [0.15, 0.2) is 0 Å². The van der Waals surface area contributed by atoms with Crippen molar-refractivity contribution in [3.63, 3.8) is 0 Å². The molecule has 92 valence electrons. The second-order valence-electron chi connectivity index (χ2n) is 5.58. The van der Waals surface area contributed by atoms with Gasteiger partial charge in [-0.3, -0.25) is 4.68 Å². The molecule has 16 heavy (non-hydrogen) atoms. The molecule has 0 aliphatic rings. The Morgan fingerprint density at radius 1 is 1.44 bits per heavy atom. The standard InChI is InChI=1S/C13H25N3/c1-13(2,3)12(14-4)8-6-7-11-9-10-16(5)15-11/h9-10,12,14H,6-8H2,1-5H3. The lowest BCUT2D eigenvalue weighted by Gasteiger charge is -2.30. The highest BCUT2D eigenvalue weighted by Crippen LogP contribution is 2.23. The predicted octanol–water partition coefficient (Wildman–Crippen LogP) is 2.38. The number of nitrogens with zero attached hydrogens (tertiary/aromatic N) is 2. The summed E-state index contributed by atoms with van der Waals surface area (Å²) < 4.78 is 1.87. The number of hydrogen-bond donors (Lipinski definition) is 1. The largest absolute Gasteiger partial charge is 0.316 e. The summed E-state index contributed by atoms with van der Waals surface area (Å²) >= 11 is 0. The van der Waals surface area contributed by atoms with Gasteiger partial charge in [0, 0.05) is 19.3 Å². The summed E-state index contributed by atoms with van der Waals surface area (Å²) in [6.45, 7) is 6.86. The molecule has 1 unspecified atom stereocenters. The van der Waals surface area contributed by atoms with Crippen molar-refractivity contribution < 1.29 is 0 Å². The first-order valence-corrected chi connectivity index (χ1v) is 6.09. The number of aryl methyl sites for hydroxylation is 2. The van der Waals surface area contributed by atoms with E-state index >= 15 is 0 Å². The molecule has 3 heteroatoms. The minimum atomic E-state index is 0.332. The maximum atomic E-state index is 4.39. The van der Waals surface area contributed by atoms with Gasteiger partial charge < -0.3 is 5.32 Å². The first-order chi connectivity index (χ1) is 7.43. The quantitative estimate of drug-likeness (QED) is 0.830. The van der Waals surface area contributed by atoms with E-state index in [1.54, 1.807) is 0 Å². The van der Waals surface area contributed by atoms with Crippen LogP contribution >= 0.6 is 0 Å². The van der Waals surface area contributed by atoms with E-state index in [4.69, 9.17) is 0 Å². The fraction of sp³-hybridized carbons (Fsp3) is 0.769. The third-order valence-electron chi connectivity index (χ3n) is 3.09. The highest BCUT2D eigenvalue weighted by Gasteiger charge is 2.22. The van der Waals surface area contributed by atoms with Crippen LogP contribution in [0.2, 0.25) is 0 Å². The summed E-state index contributed by atoms with van der Waals surface area (Å²) in [5.41, 5.74) is 1.53. The van der Waals surface area contributed by atoms with Gasteiger partial charge >= 0.3 is 0 Å². The van der Waals surface area contributed by atoms with E-state index in [0.29, 0.717) is 11.5 Å². The molecule has 0 fully saturated rings. The van der Waals surface area contributed by atoms with Gasteiger partial charge in [0.1, 0.15) is 0 Å². The van der Waals surface area contributed by atoms with E-state index in [0.717, 1.165) is 6.42 Å². The molecule has 0 spiro atoms. The van der Waals surface area contributed by atoms with Crippen molar-refractivity contribution in [3.05, 3.63) is 18.0 Å². The van der Waals surface area contributed by atoms with Gasteiger partial charge in [-0.1, -0.05) is 20.8 Å². The van der Waals surface area contributed by atoms with Gasteiger partial charge in [0.05, 0.1) is 5.69 Å². The van der Waals surface area contributed by atoms with Crippen LogP contribution in [-0.2, 0) is 13.5 Å². The third kappa shape index (κ3) is 3.97. The molecule has 0 radical (unpaired) electrons. The van der Waals surface area contributed by atoms with Crippen LogP contribution in [0.25, 0.3) is 0 Å². The topological polar surface area (TPSA) is 29.9 Å². The molecule has 1 N–H and O–H groups in total. The second kappa shape index (κ2) is 5.48. The van der Waals surface area contributed by atoms with Gasteiger partial charge in [0.2, 0.25) is 0 Å². The van der Waals surface area contributed by atoms with Crippen LogP contribution in [0.5, 0.6) is 0 Å². The molecule has 0 bridgehead atoms. The van der Waals surface area contributed by atoms with E-state index in [-0.39, 0.29) is 0 Å². The van der Waals surface area contributed by atoms with Gasteiger partial charge in [-0.25, -0.2) is 0 Å². The molecule has 1 rings (SSSR count). The van der Waals surface area contributed by atoms with Gasteiger partial charge in [0.25, 0.3) is 0 Å². The van der Waals surface area contributed by atoms with Crippen molar-refractivity contribution >= 4 is 0 Å². The Morgan fingerprint density at radius 2 is 2.12 bits per heavy atom. The van der Waals surface area contributed by atoms with E-state index in [9.17, 15) is 0 Å². The minimum absolute atomic E-state index is 0.332. The molecular formula is C13H25N3. The van der Waals surface area contributed by atoms with Gasteiger partial charge in [-0.05, 0) is 37.8 Å². The summed E-state index contributed by atoms with van der Waals surface area (Å²) in [4.78, 5) is 0. The first-order valence-electron chi connectivity index (χ1n) is 6.09. The van der Waals surface area contributed by atoms with Crippen molar-refractivity contribution in [3.8, 4) is 0 Å². The lowest BCUT2D eigenvalue weighted by Crippen LogP contribution is -2.37. The normalized spacial score (nSPS) is 14.1. The molecule has 1 atom stereocenters. The Morgan fingerprint density at radius 3 is 2.56 bits per heavy atom. The zero-order valence-corrected chi connectivity index (χ0v) is 11.2. The molecule has 1 aromatic rings. The maximum Gasteiger partial charge on any atom is 0.0624 e. The highest BCUT2D eigenvalue weighted by molar-refractivity contribution is 4.98. The molecule has 0 aromatic carbocycles. The molecule has 3 nitrogen and oxygen atoms in total. The van der Waals surface area contributed by atoms with Crippen LogP contribution in [0.3, 0.4) is 0 Å². The first kappa shape index (κ1) is 13.2. The smallest absolute Gasteiger partial charge is 0.0624 e. The molecule has 0 aliphatic heterocycles. The Bertz CT molecular complexity index is 309. The highest BCUT2D eigenvalue weighted by atomic mass is 15.2.